The third-order valence-electron chi connectivity index (χ3n) is 7.58. The number of carbonyl (C=O) groups excluding carboxylic acids is 2. The van der Waals surface area contributed by atoms with Gasteiger partial charge in [0.05, 0.1) is 13.2 Å². The molecule has 292 valence electrons. The molecule has 9 nitrogen and oxygen atoms in total. The highest BCUT2D eigenvalue weighted by atomic mass is 31.2. The summed E-state index contributed by atoms with van der Waals surface area (Å²) in [5.41, 5.74) is 5.33. The fourth-order valence-electron chi connectivity index (χ4n) is 4.71. The first kappa shape index (κ1) is 48.5. The molecule has 0 heterocycles. The van der Waals surface area contributed by atoms with E-state index in [-0.39, 0.29) is 32.6 Å². The molecule has 0 bridgehead atoms. The Labute approximate surface area is 310 Å². The second-order valence-electron chi connectivity index (χ2n) is 12.4. The van der Waals surface area contributed by atoms with Crippen molar-refractivity contribution in [2.24, 2.45) is 5.73 Å². The van der Waals surface area contributed by atoms with Crippen molar-refractivity contribution < 1.29 is 37.6 Å². The predicted octanol–water partition coefficient (Wildman–Crippen LogP) is 10.7. The second-order valence-corrected chi connectivity index (χ2v) is 13.9. The van der Waals surface area contributed by atoms with Gasteiger partial charge in [-0.3, -0.25) is 18.6 Å². The Morgan fingerprint density at radius 2 is 1.08 bits per heavy atom. The average molecular weight is 736 g/mol. The van der Waals surface area contributed by atoms with E-state index in [1.165, 1.54) is 19.3 Å². The maximum atomic E-state index is 12.5. The zero-order valence-electron chi connectivity index (χ0n) is 31.8. The van der Waals surface area contributed by atoms with Gasteiger partial charge in [0, 0.05) is 19.4 Å². The molecule has 0 aromatic carbocycles. The highest BCUT2D eigenvalue weighted by Crippen LogP contribution is 2.43. The van der Waals surface area contributed by atoms with Crippen LogP contribution in [0.1, 0.15) is 142 Å². The predicted molar refractivity (Wildman–Crippen MR) is 210 cm³/mol. The lowest BCUT2D eigenvalue weighted by Crippen LogP contribution is -2.29. The number of rotatable bonds is 35. The Bertz CT molecular complexity index is 1070. The zero-order chi connectivity index (χ0) is 37.5. The molecule has 0 aliphatic heterocycles. The van der Waals surface area contributed by atoms with Crippen molar-refractivity contribution in [3.05, 3.63) is 72.9 Å². The van der Waals surface area contributed by atoms with Gasteiger partial charge in [0.2, 0.25) is 0 Å². The minimum absolute atomic E-state index is 0.0408. The second kappa shape index (κ2) is 37.2. The van der Waals surface area contributed by atoms with Gasteiger partial charge in [0.1, 0.15) is 6.61 Å². The van der Waals surface area contributed by atoms with Gasteiger partial charge >= 0.3 is 19.8 Å². The van der Waals surface area contributed by atoms with Crippen LogP contribution < -0.4 is 5.73 Å². The van der Waals surface area contributed by atoms with Crippen LogP contribution in [0, 0.1) is 0 Å². The number of ether oxygens (including phenoxy) is 2. The highest BCUT2D eigenvalue weighted by molar-refractivity contribution is 7.47. The Kier molecular flexibility index (Phi) is 35.4. The van der Waals surface area contributed by atoms with Crippen molar-refractivity contribution >= 4 is 19.8 Å². The van der Waals surface area contributed by atoms with Crippen LogP contribution in [0.2, 0.25) is 0 Å². The van der Waals surface area contributed by atoms with E-state index in [0.29, 0.717) is 12.8 Å². The third kappa shape index (κ3) is 37.0. The van der Waals surface area contributed by atoms with Gasteiger partial charge in [-0.1, -0.05) is 119 Å². The number of hydrogen-bond acceptors (Lipinski definition) is 8. The molecule has 51 heavy (non-hydrogen) atoms. The largest absolute Gasteiger partial charge is 0.472 e. The fourth-order valence-corrected chi connectivity index (χ4v) is 5.48. The highest BCUT2D eigenvalue weighted by Gasteiger charge is 2.25. The number of phosphoric acid groups is 1. The van der Waals surface area contributed by atoms with E-state index in [0.717, 1.165) is 83.5 Å². The summed E-state index contributed by atoms with van der Waals surface area (Å²) >= 11 is 0. The fraction of sp³-hybridized carbons (Fsp3) is 0.659. The summed E-state index contributed by atoms with van der Waals surface area (Å²) < 4.78 is 32.6. The first-order valence-corrected chi connectivity index (χ1v) is 20.9. The quantitative estimate of drug-likeness (QED) is 0.0282. The molecule has 0 aromatic rings. The van der Waals surface area contributed by atoms with Crippen LogP contribution in [0.25, 0.3) is 0 Å². The van der Waals surface area contributed by atoms with E-state index < -0.39 is 32.5 Å². The van der Waals surface area contributed by atoms with Crippen LogP contribution in [0.15, 0.2) is 72.9 Å². The molecular weight excluding hydrogens is 665 g/mol. The average Bonchev–Trinajstić information content (AvgIpc) is 3.11. The molecule has 3 N–H and O–H groups in total. The molecule has 0 aliphatic carbocycles. The lowest BCUT2D eigenvalue weighted by molar-refractivity contribution is -0.161. The van der Waals surface area contributed by atoms with Crippen LogP contribution >= 0.6 is 7.82 Å². The minimum Gasteiger partial charge on any atom is -0.462 e. The summed E-state index contributed by atoms with van der Waals surface area (Å²) in [6.07, 6.45) is 43.6. The van der Waals surface area contributed by atoms with E-state index in [9.17, 15) is 19.0 Å². The molecular formula is C41H70NO8P. The normalized spacial score (nSPS) is 14.2. The monoisotopic (exact) mass is 735 g/mol. The standard InChI is InChI=1S/C41H70NO8P/c1-3-5-7-9-11-13-15-17-19-21-23-25-27-29-31-33-40(43)47-37-39(38-49-51(45,46)48-36-35-42)50-41(44)34-32-30-28-26-24-22-20-18-16-14-12-10-8-6-4-2/h5,7,11-14,17-20,24,26,39H,3-4,6,8-10,15-16,21-23,25,27-38,42H2,1-2H3,(H,45,46). The van der Waals surface area contributed by atoms with Crippen molar-refractivity contribution in [3.8, 4) is 0 Å². The maximum Gasteiger partial charge on any atom is 0.472 e. The Morgan fingerprint density at radius 1 is 0.608 bits per heavy atom. The van der Waals surface area contributed by atoms with Gasteiger partial charge in [-0.25, -0.2) is 4.57 Å². The number of carbonyl (C=O) groups is 2. The SMILES string of the molecule is CCC=CCC=CCC=CCCCCCCCC(=O)OCC(COP(=O)(O)OCCN)OC(=O)CCCCC=CCC=CCC=CCCCCC. The minimum atomic E-state index is -4.39. The van der Waals surface area contributed by atoms with Gasteiger partial charge in [-0.05, 0) is 83.5 Å². The van der Waals surface area contributed by atoms with Gasteiger partial charge in [-0.2, -0.15) is 0 Å². The van der Waals surface area contributed by atoms with Gasteiger partial charge < -0.3 is 20.1 Å². The summed E-state index contributed by atoms with van der Waals surface area (Å²) in [6.45, 7) is 3.49. The molecule has 0 fully saturated rings. The van der Waals surface area contributed by atoms with Crippen LogP contribution in [-0.4, -0.2) is 49.3 Å². The number of unbranched alkanes of at least 4 members (excludes halogenated alkanes) is 10. The van der Waals surface area contributed by atoms with Gasteiger partial charge in [0.25, 0.3) is 0 Å². The number of esters is 2. The van der Waals surface area contributed by atoms with Crippen LogP contribution in [-0.2, 0) is 32.7 Å². The maximum absolute atomic E-state index is 12.5. The van der Waals surface area contributed by atoms with E-state index in [1.807, 2.05) is 0 Å². The molecule has 0 radical (unpaired) electrons. The molecule has 0 aliphatic rings. The summed E-state index contributed by atoms with van der Waals surface area (Å²) in [4.78, 5) is 34.7. The lowest BCUT2D eigenvalue weighted by Gasteiger charge is -2.19. The van der Waals surface area contributed by atoms with Crippen molar-refractivity contribution in [2.75, 3.05) is 26.4 Å². The molecule has 0 amide bonds. The van der Waals surface area contributed by atoms with E-state index in [2.05, 4.69) is 86.8 Å². The third-order valence-corrected chi connectivity index (χ3v) is 8.56. The number of nitrogens with two attached hydrogens (primary N) is 1. The Hall–Kier alpha value is -2.55. The summed E-state index contributed by atoms with van der Waals surface area (Å²) in [7, 11) is -4.39. The Morgan fingerprint density at radius 3 is 1.65 bits per heavy atom. The molecule has 0 saturated heterocycles. The van der Waals surface area contributed by atoms with Crippen LogP contribution in [0.5, 0.6) is 0 Å². The van der Waals surface area contributed by atoms with Crippen molar-refractivity contribution in [1.29, 1.82) is 0 Å². The van der Waals surface area contributed by atoms with Gasteiger partial charge in [0.15, 0.2) is 6.10 Å². The summed E-state index contributed by atoms with van der Waals surface area (Å²) in [5.74, 6) is -0.902. The first-order chi connectivity index (χ1) is 24.8. The smallest absolute Gasteiger partial charge is 0.462 e. The number of allylic oxidation sites excluding steroid dienone is 12. The molecule has 2 unspecified atom stereocenters. The molecule has 0 aromatic heterocycles. The summed E-state index contributed by atoms with van der Waals surface area (Å²) in [5, 5.41) is 0. The molecule has 0 saturated carbocycles. The number of phosphoric ester groups is 1. The molecule has 2 atom stereocenters. The Balaban J connectivity index is 4.33. The van der Waals surface area contributed by atoms with Crippen LogP contribution in [0.3, 0.4) is 0 Å². The molecule has 10 heteroatoms. The van der Waals surface area contributed by atoms with Crippen molar-refractivity contribution in [3.63, 3.8) is 0 Å². The van der Waals surface area contributed by atoms with Crippen LogP contribution in [0.4, 0.5) is 0 Å². The van der Waals surface area contributed by atoms with E-state index in [1.54, 1.807) is 0 Å². The summed E-state index contributed by atoms with van der Waals surface area (Å²) in [6, 6.07) is 0. The number of hydrogen-bond donors (Lipinski definition) is 2. The molecule has 0 spiro atoms. The molecule has 0 rings (SSSR count). The van der Waals surface area contributed by atoms with Gasteiger partial charge in [-0.15, -0.1) is 0 Å². The first-order valence-electron chi connectivity index (χ1n) is 19.4. The van der Waals surface area contributed by atoms with Crippen molar-refractivity contribution in [1.82, 2.24) is 0 Å². The van der Waals surface area contributed by atoms with E-state index >= 15 is 0 Å². The topological polar surface area (TPSA) is 134 Å². The zero-order valence-corrected chi connectivity index (χ0v) is 32.7. The van der Waals surface area contributed by atoms with E-state index in [4.69, 9.17) is 24.3 Å². The lowest BCUT2D eigenvalue weighted by atomic mass is 10.1. The van der Waals surface area contributed by atoms with Crippen molar-refractivity contribution in [2.45, 2.75) is 148 Å².